The molecular weight excluding hydrogens is 398 g/mol. The average Bonchev–Trinajstić information content (AvgIpc) is 3.18. The van der Waals surface area contributed by atoms with E-state index < -0.39 is 0 Å². The molecule has 0 saturated carbocycles. The number of thiophene rings is 1. The van der Waals surface area contributed by atoms with Gasteiger partial charge in [-0.15, -0.1) is 17.8 Å². The number of hydrogen-bond donors (Lipinski definition) is 1. The number of hydrogen-bond acceptors (Lipinski definition) is 4. The minimum absolute atomic E-state index is 0.172. The Labute approximate surface area is 158 Å². The van der Waals surface area contributed by atoms with Crippen LogP contribution in [-0.2, 0) is 7.05 Å². The van der Waals surface area contributed by atoms with Crippen molar-refractivity contribution in [3.8, 4) is 29.5 Å². The van der Waals surface area contributed by atoms with Crippen LogP contribution in [0.4, 0.5) is 0 Å². The van der Waals surface area contributed by atoms with Gasteiger partial charge in [-0.3, -0.25) is 0 Å². The van der Waals surface area contributed by atoms with Crippen molar-refractivity contribution < 1.29 is 4.74 Å². The number of rotatable bonds is 2. The summed E-state index contributed by atoms with van der Waals surface area (Å²) in [5.41, 5.74) is 9.57. The minimum Gasteiger partial charge on any atom is -0.422 e. The van der Waals surface area contributed by atoms with Gasteiger partial charge in [0.1, 0.15) is 5.69 Å². The van der Waals surface area contributed by atoms with Crippen molar-refractivity contribution in [3.63, 3.8) is 0 Å². The predicted molar refractivity (Wildman–Crippen MR) is 103 cm³/mol. The summed E-state index contributed by atoms with van der Waals surface area (Å²) in [5, 5.41) is 4.68. The highest BCUT2D eigenvalue weighted by molar-refractivity contribution is 9.11. The molecule has 2 N–H and O–H groups in total. The Morgan fingerprint density at radius 1 is 1.28 bits per heavy atom. The minimum atomic E-state index is -0.172. The van der Waals surface area contributed by atoms with Gasteiger partial charge >= 0.3 is 0 Å². The van der Waals surface area contributed by atoms with Gasteiger partial charge in [-0.2, -0.15) is 5.10 Å². The lowest BCUT2D eigenvalue weighted by Gasteiger charge is -2.24. The molecule has 1 aliphatic heterocycles. The molecule has 1 aromatic carbocycles. The second kappa shape index (κ2) is 6.10. The number of nitrogens with zero attached hydrogens (tertiary/aromatic N) is 2. The SMILES string of the molecule is C#CC1=C(N)Oc2c(c(-c3ccccc3)nn2C)C1c1ccc(Br)s1. The third-order valence-electron chi connectivity index (χ3n) is 4.16. The van der Waals surface area contributed by atoms with Crippen molar-refractivity contribution in [1.29, 1.82) is 0 Å². The van der Waals surface area contributed by atoms with Gasteiger partial charge in [0.25, 0.3) is 0 Å². The highest BCUT2D eigenvalue weighted by atomic mass is 79.9. The maximum absolute atomic E-state index is 6.12. The van der Waals surface area contributed by atoms with E-state index in [1.165, 1.54) is 0 Å². The molecule has 0 bridgehead atoms. The van der Waals surface area contributed by atoms with Crippen LogP contribution in [0.3, 0.4) is 0 Å². The van der Waals surface area contributed by atoms with Crippen LogP contribution in [0.15, 0.2) is 57.7 Å². The zero-order valence-electron chi connectivity index (χ0n) is 13.4. The van der Waals surface area contributed by atoms with Crippen LogP contribution in [0, 0.1) is 12.3 Å². The first-order valence-electron chi connectivity index (χ1n) is 7.61. The highest BCUT2D eigenvalue weighted by Gasteiger charge is 2.36. The molecular formula is C19H14BrN3OS. The number of terminal acetylenes is 1. The molecule has 3 heterocycles. The fourth-order valence-corrected chi connectivity index (χ4v) is 4.63. The van der Waals surface area contributed by atoms with Crippen LogP contribution >= 0.6 is 27.3 Å². The summed E-state index contributed by atoms with van der Waals surface area (Å²) >= 11 is 5.16. The molecule has 0 aliphatic carbocycles. The van der Waals surface area contributed by atoms with E-state index in [0.29, 0.717) is 11.5 Å². The van der Waals surface area contributed by atoms with Gasteiger partial charge in [0, 0.05) is 17.5 Å². The molecule has 0 fully saturated rings. The van der Waals surface area contributed by atoms with Crippen molar-refractivity contribution in [2.75, 3.05) is 0 Å². The van der Waals surface area contributed by atoms with E-state index in [1.807, 2.05) is 43.4 Å². The van der Waals surface area contributed by atoms with Gasteiger partial charge < -0.3 is 10.5 Å². The average molecular weight is 412 g/mol. The third-order valence-corrected chi connectivity index (χ3v) is 5.85. The summed E-state index contributed by atoms with van der Waals surface area (Å²) in [6, 6.07) is 14.1. The molecule has 0 spiro atoms. The van der Waals surface area contributed by atoms with E-state index in [0.717, 1.165) is 25.5 Å². The molecule has 1 unspecified atom stereocenters. The first-order chi connectivity index (χ1) is 12.1. The van der Waals surface area contributed by atoms with Gasteiger partial charge in [-0.05, 0) is 28.1 Å². The fraction of sp³-hybridized carbons (Fsp3) is 0.105. The number of aromatic nitrogens is 2. The van der Waals surface area contributed by atoms with E-state index in [9.17, 15) is 0 Å². The number of benzene rings is 1. The number of ether oxygens (including phenoxy) is 1. The monoisotopic (exact) mass is 411 g/mol. The zero-order chi connectivity index (χ0) is 17.6. The lowest BCUT2D eigenvalue weighted by Crippen LogP contribution is -2.21. The summed E-state index contributed by atoms with van der Waals surface area (Å²) in [6.45, 7) is 0. The molecule has 0 radical (unpaired) electrons. The van der Waals surface area contributed by atoms with Crippen molar-refractivity contribution >= 4 is 27.3 Å². The number of fused-ring (bicyclic) bond motifs is 1. The van der Waals surface area contributed by atoms with Crippen LogP contribution in [0.5, 0.6) is 5.88 Å². The Morgan fingerprint density at radius 3 is 2.68 bits per heavy atom. The van der Waals surface area contributed by atoms with Crippen molar-refractivity contribution in [2.24, 2.45) is 12.8 Å². The third kappa shape index (κ3) is 2.56. The molecule has 2 aromatic heterocycles. The highest BCUT2D eigenvalue weighted by Crippen LogP contribution is 2.48. The van der Waals surface area contributed by atoms with Gasteiger partial charge in [-0.25, -0.2) is 4.68 Å². The van der Waals surface area contributed by atoms with Crippen molar-refractivity contribution in [2.45, 2.75) is 5.92 Å². The Hall–Kier alpha value is -2.49. The molecule has 0 amide bonds. The first kappa shape index (κ1) is 16.0. The molecule has 124 valence electrons. The van der Waals surface area contributed by atoms with Crippen molar-refractivity contribution in [3.05, 3.63) is 68.1 Å². The van der Waals surface area contributed by atoms with Gasteiger partial charge in [-0.1, -0.05) is 36.3 Å². The molecule has 4 nitrogen and oxygen atoms in total. The summed E-state index contributed by atoms with van der Waals surface area (Å²) in [7, 11) is 1.85. The largest absolute Gasteiger partial charge is 0.422 e. The van der Waals surface area contributed by atoms with E-state index >= 15 is 0 Å². The van der Waals surface area contributed by atoms with E-state index in [4.69, 9.17) is 16.9 Å². The number of allylic oxidation sites excluding steroid dienone is 1. The van der Waals surface area contributed by atoms with Crippen LogP contribution < -0.4 is 10.5 Å². The molecule has 25 heavy (non-hydrogen) atoms. The maximum Gasteiger partial charge on any atom is 0.224 e. The summed E-state index contributed by atoms with van der Waals surface area (Å²) in [5.74, 6) is 3.44. The number of aryl methyl sites for hydroxylation is 1. The molecule has 0 saturated heterocycles. The Bertz CT molecular complexity index is 1030. The van der Waals surface area contributed by atoms with Crippen LogP contribution in [-0.4, -0.2) is 9.78 Å². The second-order valence-corrected chi connectivity index (χ2v) is 8.15. The van der Waals surface area contributed by atoms with E-state index in [-0.39, 0.29) is 11.8 Å². The van der Waals surface area contributed by atoms with Gasteiger partial charge in [0.05, 0.1) is 20.8 Å². The van der Waals surface area contributed by atoms with Gasteiger partial charge in [0.2, 0.25) is 11.8 Å². The van der Waals surface area contributed by atoms with Crippen molar-refractivity contribution in [1.82, 2.24) is 9.78 Å². The van der Waals surface area contributed by atoms with Crippen LogP contribution in [0.25, 0.3) is 11.3 Å². The molecule has 3 aromatic rings. The Balaban J connectivity index is 2.00. The van der Waals surface area contributed by atoms with E-state index in [1.54, 1.807) is 16.0 Å². The second-order valence-electron chi connectivity index (χ2n) is 5.66. The predicted octanol–water partition coefficient (Wildman–Crippen LogP) is 4.24. The van der Waals surface area contributed by atoms with Crippen LogP contribution in [0.2, 0.25) is 0 Å². The smallest absolute Gasteiger partial charge is 0.224 e. The maximum atomic E-state index is 6.12. The zero-order valence-corrected chi connectivity index (χ0v) is 15.8. The Kier molecular flexibility index (Phi) is 3.91. The standard InChI is InChI=1S/C19H14BrN3OS/c1-3-12-15(13-9-10-14(20)25-13)16-17(11-7-5-4-6-8-11)22-23(2)19(16)24-18(12)21/h1,4-10,15H,21H2,2H3. The summed E-state index contributed by atoms with van der Waals surface area (Å²) < 4.78 is 8.59. The lowest BCUT2D eigenvalue weighted by molar-refractivity contribution is 0.359. The fourth-order valence-electron chi connectivity index (χ4n) is 3.08. The lowest BCUT2D eigenvalue weighted by atomic mass is 9.87. The van der Waals surface area contributed by atoms with Crippen LogP contribution in [0.1, 0.15) is 16.4 Å². The summed E-state index contributed by atoms with van der Waals surface area (Å²) in [6.07, 6.45) is 5.78. The molecule has 6 heteroatoms. The topological polar surface area (TPSA) is 53.1 Å². The number of halogens is 1. The normalized spacial score (nSPS) is 16.3. The molecule has 1 aliphatic rings. The molecule has 1 atom stereocenters. The van der Waals surface area contributed by atoms with Gasteiger partial charge in [0.15, 0.2) is 0 Å². The molecule has 4 rings (SSSR count). The summed E-state index contributed by atoms with van der Waals surface area (Å²) in [4.78, 5) is 1.09. The first-order valence-corrected chi connectivity index (χ1v) is 9.22. The quantitative estimate of drug-likeness (QED) is 0.641. The van der Waals surface area contributed by atoms with E-state index in [2.05, 4.69) is 33.0 Å². The Morgan fingerprint density at radius 2 is 2.04 bits per heavy atom. The number of nitrogens with two attached hydrogens (primary N) is 1.